The lowest BCUT2D eigenvalue weighted by molar-refractivity contribution is 0.0134. The lowest BCUT2D eigenvalue weighted by Crippen LogP contribution is -2.27. The highest BCUT2D eigenvalue weighted by atomic mass is 79.9. The number of hydrogen-bond donors (Lipinski definition) is 1. The van der Waals surface area contributed by atoms with Gasteiger partial charge in [0.1, 0.15) is 4.47 Å². The van der Waals surface area contributed by atoms with Crippen LogP contribution in [-0.4, -0.2) is 42.8 Å². The summed E-state index contributed by atoms with van der Waals surface area (Å²) in [5.41, 5.74) is 0.579. The summed E-state index contributed by atoms with van der Waals surface area (Å²) < 4.78 is 12.5. The summed E-state index contributed by atoms with van der Waals surface area (Å²) in [7, 11) is 1.60. The Bertz CT molecular complexity index is 501. The van der Waals surface area contributed by atoms with Crippen LogP contribution >= 0.6 is 15.9 Å². The summed E-state index contributed by atoms with van der Waals surface area (Å²) in [6, 6.07) is 0. The molecule has 1 saturated heterocycles. The number of nitrogens with one attached hydrogen (secondary N) is 1. The molecule has 0 spiro atoms. The molecule has 0 aliphatic carbocycles. The summed E-state index contributed by atoms with van der Waals surface area (Å²) >= 11 is 3.34. The predicted molar refractivity (Wildman–Crippen MR) is 84.8 cm³/mol. The van der Waals surface area contributed by atoms with Crippen molar-refractivity contribution in [2.24, 2.45) is 0 Å². The number of ether oxygens (including phenoxy) is 2. The van der Waals surface area contributed by atoms with Crippen LogP contribution in [0.4, 0.5) is 5.69 Å². The molecule has 2 heterocycles. The molecule has 1 aliphatic heterocycles. The molecule has 0 radical (unpaired) electrons. The zero-order valence-electron chi connectivity index (χ0n) is 12.3. The summed E-state index contributed by atoms with van der Waals surface area (Å²) in [5.74, 6) is 0. The second kappa shape index (κ2) is 8.51. The Balaban J connectivity index is 1.88. The van der Waals surface area contributed by atoms with E-state index in [2.05, 4.69) is 26.3 Å². The standard InChI is InChI=1S/C14H22BrN3O3/c1-20-9-7-18-14(19)13(15)12(10-17-18)16-6-5-11-4-2-3-8-21-11/h10-11,16H,2-9H2,1H3. The Labute approximate surface area is 132 Å². The molecule has 1 atom stereocenters. The molecule has 0 saturated carbocycles. The van der Waals surface area contributed by atoms with Crippen molar-refractivity contribution < 1.29 is 9.47 Å². The molecule has 21 heavy (non-hydrogen) atoms. The minimum absolute atomic E-state index is 0.147. The third-order valence-corrected chi connectivity index (χ3v) is 4.31. The Hall–Kier alpha value is -0.920. The van der Waals surface area contributed by atoms with Crippen molar-refractivity contribution in [3.8, 4) is 0 Å². The van der Waals surface area contributed by atoms with Crippen molar-refractivity contribution in [2.75, 3.05) is 32.2 Å². The number of anilines is 1. The first-order valence-electron chi connectivity index (χ1n) is 7.32. The van der Waals surface area contributed by atoms with Crippen LogP contribution in [0, 0.1) is 0 Å². The summed E-state index contributed by atoms with van der Waals surface area (Å²) in [5, 5.41) is 7.39. The van der Waals surface area contributed by atoms with Crippen molar-refractivity contribution in [1.29, 1.82) is 0 Å². The van der Waals surface area contributed by atoms with Crippen molar-refractivity contribution in [2.45, 2.75) is 38.3 Å². The second-order valence-electron chi connectivity index (χ2n) is 5.10. The van der Waals surface area contributed by atoms with Gasteiger partial charge in [-0.05, 0) is 41.6 Å². The minimum Gasteiger partial charge on any atom is -0.383 e. The maximum absolute atomic E-state index is 12.1. The highest BCUT2D eigenvalue weighted by Crippen LogP contribution is 2.18. The van der Waals surface area contributed by atoms with Crippen LogP contribution in [0.25, 0.3) is 0 Å². The van der Waals surface area contributed by atoms with Gasteiger partial charge in [-0.1, -0.05) is 0 Å². The SMILES string of the molecule is COCCn1ncc(NCCC2CCCCO2)c(Br)c1=O. The van der Waals surface area contributed by atoms with Crippen molar-refractivity contribution in [3.63, 3.8) is 0 Å². The van der Waals surface area contributed by atoms with Crippen LogP contribution in [0.2, 0.25) is 0 Å². The van der Waals surface area contributed by atoms with Crippen LogP contribution in [-0.2, 0) is 16.0 Å². The topological polar surface area (TPSA) is 65.4 Å². The molecular formula is C14H22BrN3O3. The number of nitrogens with zero attached hydrogens (tertiary/aromatic N) is 2. The van der Waals surface area contributed by atoms with Gasteiger partial charge >= 0.3 is 0 Å². The average Bonchev–Trinajstić information content (AvgIpc) is 2.52. The third kappa shape index (κ3) is 4.79. The van der Waals surface area contributed by atoms with E-state index < -0.39 is 0 Å². The van der Waals surface area contributed by atoms with Gasteiger partial charge in [0.25, 0.3) is 5.56 Å². The van der Waals surface area contributed by atoms with E-state index in [0.29, 0.717) is 23.7 Å². The zero-order chi connectivity index (χ0) is 15.1. The van der Waals surface area contributed by atoms with Crippen LogP contribution in [0.5, 0.6) is 0 Å². The van der Waals surface area contributed by atoms with Gasteiger partial charge < -0.3 is 14.8 Å². The fourth-order valence-corrected chi connectivity index (χ4v) is 2.78. The molecule has 1 unspecified atom stereocenters. The van der Waals surface area contributed by atoms with Crippen molar-refractivity contribution in [3.05, 3.63) is 21.0 Å². The molecule has 7 heteroatoms. The van der Waals surface area contributed by atoms with E-state index in [4.69, 9.17) is 9.47 Å². The van der Waals surface area contributed by atoms with E-state index in [9.17, 15) is 4.79 Å². The van der Waals surface area contributed by atoms with Crippen LogP contribution in [0.3, 0.4) is 0 Å². The third-order valence-electron chi connectivity index (χ3n) is 3.55. The van der Waals surface area contributed by atoms with Gasteiger partial charge in [-0.2, -0.15) is 5.10 Å². The van der Waals surface area contributed by atoms with Gasteiger partial charge in [-0.25, -0.2) is 4.68 Å². The van der Waals surface area contributed by atoms with Gasteiger partial charge in [-0.3, -0.25) is 4.79 Å². The summed E-state index contributed by atoms with van der Waals surface area (Å²) in [6.07, 6.45) is 6.48. The number of halogens is 1. The highest BCUT2D eigenvalue weighted by molar-refractivity contribution is 9.10. The highest BCUT2D eigenvalue weighted by Gasteiger charge is 2.14. The van der Waals surface area contributed by atoms with Crippen LogP contribution in [0.1, 0.15) is 25.7 Å². The largest absolute Gasteiger partial charge is 0.383 e. The molecule has 0 bridgehead atoms. The lowest BCUT2D eigenvalue weighted by Gasteiger charge is -2.22. The summed E-state index contributed by atoms with van der Waals surface area (Å²) in [4.78, 5) is 12.1. The van der Waals surface area contributed by atoms with E-state index in [1.165, 1.54) is 17.5 Å². The zero-order valence-corrected chi connectivity index (χ0v) is 13.9. The Kier molecular flexibility index (Phi) is 6.66. The first-order chi connectivity index (χ1) is 10.2. The van der Waals surface area contributed by atoms with Gasteiger partial charge in [-0.15, -0.1) is 0 Å². The maximum Gasteiger partial charge on any atom is 0.283 e. The Morgan fingerprint density at radius 3 is 3.14 bits per heavy atom. The predicted octanol–water partition coefficient (Wildman–Crippen LogP) is 2.02. The van der Waals surface area contributed by atoms with E-state index in [0.717, 1.165) is 31.7 Å². The van der Waals surface area contributed by atoms with Gasteiger partial charge in [0.05, 0.1) is 31.1 Å². The van der Waals surface area contributed by atoms with E-state index in [1.807, 2.05) is 0 Å². The molecule has 2 rings (SSSR count). The number of methoxy groups -OCH3 is 1. The molecule has 1 aromatic heterocycles. The Morgan fingerprint density at radius 2 is 2.43 bits per heavy atom. The van der Waals surface area contributed by atoms with E-state index in [1.54, 1.807) is 13.3 Å². The monoisotopic (exact) mass is 359 g/mol. The number of aromatic nitrogens is 2. The van der Waals surface area contributed by atoms with Crippen LogP contribution in [0.15, 0.2) is 15.5 Å². The molecule has 6 nitrogen and oxygen atoms in total. The van der Waals surface area contributed by atoms with Gasteiger partial charge in [0, 0.05) is 20.3 Å². The molecule has 1 aromatic rings. The maximum atomic E-state index is 12.1. The molecule has 1 aliphatic rings. The summed E-state index contributed by atoms with van der Waals surface area (Å²) in [6.45, 7) is 2.55. The first-order valence-corrected chi connectivity index (χ1v) is 8.11. The molecule has 0 amide bonds. The fourth-order valence-electron chi connectivity index (χ4n) is 2.33. The van der Waals surface area contributed by atoms with Gasteiger partial charge in [0.15, 0.2) is 0 Å². The van der Waals surface area contributed by atoms with E-state index in [-0.39, 0.29) is 5.56 Å². The lowest BCUT2D eigenvalue weighted by atomic mass is 10.1. The quantitative estimate of drug-likeness (QED) is 0.806. The molecule has 118 valence electrons. The second-order valence-corrected chi connectivity index (χ2v) is 5.89. The number of rotatable bonds is 7. The minimum atomic E-state index is -0.147. The van der Waals surface area contributed by atoms with Crippen molar-refractivity contribution >= 4 is 21.6 Å². The molecule has 1 N–H and O–H groups in total. The Morgan fingerprint density at radius 1 is 1.57 bits per heavy atom. The van der Waals surface area contributed by atoms with E-state index >= 15 is 0 Å². The molecule has 1 fully saturated rings. The van der Waals surface area contributed by atoms with Crippen LogP contribution < -0.4 is 10.9 Å². The average molecular weight is 360 g/mol. The normalized spacial score (nSPS) is 18.7. The number of hydrogen-bond acceptors (Lipinski definition) is 5. The first kappa shape index (κ1) is 16.5. The van der Waals surface area contributed by atoms with Gasteiger partial charge in [0.2, 0.25) is 0 Å². The molecular weight excluding hydrogens is 338 g/mol. The fraction of sp³-hybridized carbons (Fsp3) is 0.714. The van der Waals surface area contributed by atoms with Crippen molar-refractivity contribution in [1.82, 2.24) is 9.78 Å². The molecule has 0 aromatic carbocycles. The smallest absolute Gasteiger partial charge is 0.283 e.